The van der Waals surface area contributed by atoms with Crippen LogP contribution in [0.3, 0.4) is 0 Å². The first-order chi connectivity index (χ1) is 10.1. The summed E-state index contributed by atoms with van der Waals surface area (Å²) in [5.74, 6) is 1.46. The molecule has 1 fully saturated rings. The van der Waals surface area contributed by atoms with Crippen molar-refractivity contribution in [3.63, 3.8) is 0 Å². The summed E-state index contributed by atoms with van der Waals surface area (Å²) in [6.45, 7) is 5.05. The highest BCUT2D eigenvalue weighted by molar-refractivity contribution is 5.45. The van der Waals surface area contributed by atoms with E-state index in [2.05, 4.69) is 23.3 Å². The van der Waals surface area contributed by atoms with Gasteiger partial charge in [0.2, 0.25) is 6.41 Å². The number of nitrogens with two attached hydrogens (primary N) is 1. The van der Waals surface area contributed by atoms with Gasteiger partial charge in [0, 0.05) is 12.7 Å². The standard InChI is InChI=1S/C17H27N3O/c1-3-4-15-10-17(15,7-8-19-12-21)6-5-14-9-13(2)16(18)20-11-14/h9,11-12,15H,3-8,10H2,1-2H3,(H2,18,20)(H,19,21). The Labute approximate surface area is 127 Å². The van der Waals surface area contributed by atoms with Crippen LogP contribution >= 0.6 is 0 Å². The SMILES string of the molecule is CCCC1CC1(CCNC=O)CCc1cnc(N)c(C)c1. The van der Waals surface area contributed by atoms with Gasteiger partial charge in [-0.3, -0.25) is 4.79 Å². The molecule has 1 aromatic rings. The van der Waals surface area contributed by atoms with Gasteiger partial charge in [-0.05, 0) is 55.1 Å². The fourth-order valence-electron chi connectivity index (χ4n) is 3.48. The fraction of sp³-hybridized carbons (Fsp3) is 0.647. The van der Waals surface area contributed by atoms with E-state index in [1.54, 1.807) is 0 Å². The molecule has 0 bridgehead atoms. The number of nitrogens with zero attached hydrogens (tertiary/aromatic N) is 1. The van der Waals surface area contributed by atoms with Crippen LogP contribution in [0, 0.1) is 18.3 Å². The van der Waals surface area contributed by atoms with Gasteiger partial charge in [-0.15, -0.1) is 0 Å². The third kappa shape index (κ3) is 3.96. The number of nitrogens with one attached hydrogen (secondary N) is 1. The quantitative estimate of drug-likeness (QED) is 0.542. The highest BCUT2D eigenvalue weighted by Crippen LogP contribution is 2.60. The summed E-state index contributed by atoms with van der Waals surface area (Å²) in [6.07, 6.45) is 9.89. The second kappa shape index (κ2) is 6.92. The Bertz CT molecular complexity index is 489. The lowest BCUT2D eigenvalue weighted by Crippen LogP contribution is -2.18. The molecule has 0 radical (unpaired) electrons. The van der Waals surface area contributed by atoms with Gasteiger partial charge >= 0.3 is 0 Å². The first-order valence-electron chi connectivity index (χ1n) is 7.99. The van der Waals surface area contributed by atoms with Gasteiger partial charge in [0.15, 0.2) is 0 Å². The summed E-state index contributed by atoms with van der Waals surface area (Å²) in [5, 5.41) is 2.81. The second-order valence-corrected chi connectivity index (χ2v) is 6.42. The second-order valence-electron chi connectivity index (χ2n) is 6.42. The zero-order valence-corrected chi connectivity index (χ0v) is 13.2. The lowest BCUT2D eigenvalue weighted by atomic mass is 9.90. The van der Waals surface area contributed by atoms with E-state index in [0.29, 0.717) is 11.2 Å². The van der Waals surface area contributed by atoms with E-state index in [9.17, 15) is 4.79 Å². The van der Waals surface area contributed by atoms with Gasteiger partial charge in [0.05, 0.1) is 0 Å². The summed E-state index contributed by atoms with van der Waals surface area (Å²) in [7, 11) is 0. The van der Waals surface area contributed by atoms with Crippen molar-refractivity contribution in [3.05, 3.63) is 23.4 Å². The summed E-state index contributed by atoms with van der Waals surface area (Å²) < 4.78 is 0. The minimum Gasteiger partial charge on any atom is -0.383 e. The van der Waals surface area contributed by atoms with E-state index in [4.69, 9.17) is 5.73 Å². The van der Waals surface area contributed by atoms with E-state index in [-0.39, 0.29) is 0 Å². The first kappa shape index (κ1) is 15.8. The Morgan fingerprint density at radius 1 is 1.52 bits per heavy atom. The topological polar surface area (TPSA) is 68.0 Å². The largest absolute Gasteiger partial charge is 0.383 e. The van der Waals surface area contributed by atoms with Crippen molar-refractivity contribution in [1.29, 1.82) is 0 Å². The number of hydrogen-bond donors (Lipinski definition) is 2. The Hall–Kier alpha value is -1.58. The normalized spacial score (nSPS) is 23.8. The molecule has 2 unspecified atom stereocenters. The fourth-order valence-corrected chi connectivity index (χ4v) is 3.48. The molecule has 2 atom stereocenters. The number of pyridine rings is 1. The first-order valence-corrected chi connectivity index (χ1v) is 7.99. The molecule has 1 heterocycles. The highest BCUT2D eigenvalue weighted by Gasteiger charge is 2.51. The van der Waals surface area contributed by atoms with Crippen molar-refractivity contribution >= 4 is 12.2 Å². The predicted octanol–water partition coefficient (Wildman–Crippen LogP) is 2.85. The molecule has 2 rings (SSSR count). The zero-order chi connectivity index (χ0) is 15.3. The molecule has 1 saturated carbocycles. The average molecular weight is 289 g/mol. The molecular formula is C17H27N3O. The van der Waals surface area contributed by atoms with Crippen LogP contribution in [0.4, 0.5) is 5.82 Å². The van der Waals surface area contributed by atoms with Crippen LogP contribution in [0.15, 0.2) is 12.3 Å². The molecule has 3 N–H and O–H groups in total. The molecule has 4 nitrogen and oxygen atoms in total. The molecule has 4 heteroatoms. The number of carbonyl (C=O) groups is 1. The van der Waals surface area contributed by atoms with Crippen molar-refractivity contribution in [1.82, 2.24) is 10.3 Å². The Balaban J connectivity index is 1.93. The molecule has 1 aliphatic rings. The molecule has 1 amide bonds. The molecule has 0 aliphatic heterocycles. The lowest BCUT2D eigenvalue weighted by molar-refractivity contribution is -0.109. The highest BCUT2D eigenvalue weighted by atomic mass is 16.1. The van der Waals surface area contributed by atoms with Crippen LogP contribution in [0.5, 0.6) is 0 Å². The Morgan fingerprint density at radius 3 is 3.00 bits per heavy atom. The number of aryl methyl sites for hydroxylation is 2. The predicted molar refractivity (Wildman–Crippen MR) is 85.8 cm³/mol. The molecule has 116 valence electrons. The van der Waals surface area contributed by atoms with Crippen molar-refractivity contribution in [2.45, 2.75) is 52.4 Å². The van der Waals surface area contributed by atoms with Gasteiger partial charge in [-0.25, -0.2) is 4.98 Å². The van der Waals surface area contributed by atoms with Crippen molar-refractivity contribution in [3.8, 4) is 0 Å². The van der Waals surface area contributed by atoms with Crippen molar-refractivity contribution in [2.24, 2.45) is 11.3 Å². The Kier molecular flexibility index (Phi) is 5.21. The summed E-state index contributed by atoms with van der Waals surface area (Å²) in [5.41, 5.74) is 8.54. The summed E-state index contributed by atoms with van der Waals surface area (Å²) in [4.78, 5) is 14.7. The van der Waals surface area contributed by atoms with Gasteiger partial charge in [0.25, 0.3) is 0 Å². The van der Waals surface area contributed by atoms with Crippen LogP contribution in [0.1, 0.15) is 50.2 Å². The van der Waals surface area contributed by atoms with Crippen LogP contribution < -0.4 is 11.1 Å². The number of amides is 1. The zero-order valence-electron chi connectivity index (χ0n) is 13.2. The van der Waals surface area contributed by atoms with E-state index in [1.807, 2.05) is 13.1 Å². The van der Waals surface area contributed by atoms with Crippen LogP contribution in [-0.2, 0) is 11.2 Å². The maximum atomic E-state index is 10.4. The van der Waals surface area contributed by atoms with E-state index < -0.39 is 0 Å². The lowest BCUT2D eigenvalue weighted by Gasteiger charge is -2.17. The number of aromatic nitrogens is 1. The number of nitrogen functional groups attached to an aromatic ring is 1. The maximum absolute atomic E-state index is 10.4. The molecule has 0 spiro atoms. The van der Waals surface area contributed by atoms with Crippen molar-refractivity contribution in [2.75, 3.05) is 12.3 Å². The number of anilines is 1. The molecule has 0 saturated heterocycles. The van der Waals surface area contributed by atoms with Crippen molar-refractivity contribution < 1.29 is 4.79 Å². The molecule has 0 aromatic carbocycles. The average Bonchev–Trinajstić information content (AvgIpc) is 3.14. The minimum atomic E-state index is 0.432. The van der Waals surface area contributed by atoms with E-state index in [1.165, 1.54) is 31.2 Å². The third-order valence-corrected chi connectivity index (χ3v) is 4.93. The van der Waals surface area contributed by atoms with Crippen LogP contribution in [0.25, 0.3) is 0 Å². The molecule has 1 aromatic heterocycles. The molecule has 1 aliphatic carbocycles. The van der Waals surface area contributed by atoms with Crippen LogP contribution in [-0.4, -0.2) is 17.9 Å². The molecule has 21 heavy (non-hydrogen) atoms. The monoisotopic (exact) mass is 289 g/mol. The van der Waals surface area contributed by atoms with Gasteiger partial charge < -0.3 is 11.1 Å². The molecular weight excluding hydrogens is 262 g/mol. The number of hydrogen-bond acceptors (Lipinski definition) is 3. The number of carbonyl (C=O) groups excluding carboxylic acids is 1. The van der Waals surface area contributed by atoms with Gasteiger partial charge in [-0.1, -0.05) is 25.8 Å². The Morgan fingerprint density at radius 2 is 2.33 bits per heavy atom. The minimum absolute atomic E-state index is 0.432. The number of rotatable bonds is 9. The van der Waals surface area contributed by atoms with E-state index >= 15 is 0 Å². The van der Waals surface area contributed by atoms with E-state index in [0.717, 1.165) is 37.3 Å². The van der Waals surface area contributed by atoms with Gasteiger partial charge in [0.1, 0.15) is 5.82 Å². The maximum Gasteiger partial charge on any atom is 0.207 e. The van der Waals surface area contributed by atoms with Crippen LogP contribution in [0.2, 0.25) is 0 Å². The summed E-state index contributed by atoms with van der Waals surface area (Å²) in [6, 6.07) is 2.15. The smallest absolute Gasteiger partial charge is 0.207 e. The van der Waals surface area contributed by atoms with Gasteiger partial charge in [-0.2, -0.15) is 0 Å². The third-order valence-electron chi connectivity index (χ3n) is 4.93. The summed E-state index contributed by atoms with van der Waals surface area (Å²) >= 11 is 0.